The average molecular weight is 274 g/mol. The van der Waals surface area contributed by atoms with Crippen LogP contribution in [0.1, 0.15) is 32.8 Å². The van der Waals surface area contributed by atoms with Gasteiger partial charge in [-0.05, 0) is 42.5 Å². The summed E-state index contributed by atoms with van der Waals surface area (Å²) in [5.74, 6) is 0. The molecule has 0 saturated carbocycles. The van der Waals surface area contributed by atoms with Crippen molar-refractivity contribution in [1.29, 1.82) is 0 Å². The van der Waals surface area contributed by atoms with E-state index in [1.54, 1.807) is 0 Å². The van der Waals surface area contributed by atoms with E-state index >= 15 is 0 Å². The molecule has 0 unspecified atom stereocenters. The Hall–Kier alpha value is -0.240. The van der Waals surface area contributed by atoms with Gasteiger partial charge in [0.1, 0.15) is 0 Å². The molecule has 17 heavy (non-hydrogen) atoms. The van der Waals surface area contributed by atoms with E-state index in [2.05, 4.69) is 26.1 Å². The lowest BCUT2D eigenvalue weighted by Crippen LogP contribution is -2.31. The van der Waals surface area contributed by atoms with Gasteiger partial charge in [-0.3, -0.25) is 0 Å². The van der Waals surface area contributed by atoms with E-state index in [0.29, 0.717) is 5.02 Å². The Bertz CT molecular complexity index is 361. The molecule has 3 heteroatoms. The van der Waals surface area contributed by atoms with Gasteiger partial charge < -0.3 is 5.32 Å². The summed E-state index contributed by atoms with van der Waals surface area (Å²) in [4.78, 5) is 0. The predicted molar refractivity (Wildman–Crippen MR) is 77.1 cm³/mol. The summed E-state index contributed by atoms with van der Waals surface area (Å²) in [6, 6.07) is 5.73. The lowest BCUT2D eigenvalue weighted by atomic mass is 9.85. The van der Waals surface area contributed by atoms with Crippen molar-refractivity contribution in [2.24, 2.45) is 5.41 Å². The summed E-state index contributed by atoms with van der Waals surface area (Å²) in [5.41, 5.74) is 1.37. The summed E-state index contributed by atoms with van der Waals surface area (Å²) in [6.07, 6.45) is 2.12. The fraction of sp³-hybridized carbons (Fsp3) is 0.571. The maximum absolute atomic E-state index is 6.19. The predicted octanol–water partition coefficient (Wildman–Crippen LogP) is 4.56. The molecule has 1 aromatic carbocycles. The number of hydrogen-bond acceptors (Lipinski definition) is 1. The fourth-order valence-electron chi connectivity index (χ4n) is 1.85. The van der Waals surface area contributed by atoms with Crippen LogP contribution in [0.3, 0.4) is 0 Å². The second-order valence-electron chi connectivity index (χ2n) is 5.25. The minimum atomic E-state index is 0.201. The molecule has 0 amide bonds. The molecule has 0 radical (unpaired) electrons. The van der Waals surface area contributed by atoms with Crippen LogP contribution >= 0.6 is 23.2 Å². The summed E-state index contributed by atoms with van der Waals surface area (Å²) < 4.78 is 0. The van der Waals surface area contributed by atoms with Crippen molar-refractivity contribution < 1.29 is 0 Å². The first-order chi connectivity index (χ1) is 7.94. The molecule has 0 aliphatic carbocycles. The highest BCUT2D eigenvalue weighted by atomic mass is 35.5. The van der Waals surface area contributed by atoms with E-state index in [1.165, 1.54) is 5.56 Å². The standard InChI is InChI=1S/C14H21Cl2N/c1-4-7-17-10-14(2,3)9-11-5-6-12(15)8-13(11)16/h5-6,8,17H,4,7,9-10H2,1-3H3. The molecule has 0 heterocycles. The van der Waals surface area contributed by atoms with Crippen molar-refractivity contribution >= 4 is 23.2 Å². The van der Waals surface area contributed by atoms with Crippen molar-refractivity contribution in [1.82, 2.24) is 5.32 Å². The first kappa shape index (κ1) is 14.8. The van der Waals surface area contributed by atoms with Crippen LogP contribution in [0, 0.1) is 5.41 Å². The van der Waals surface area contributed by atoms with Crippen LogP contribution in [-0.2, 0) is 6.42 Å². The van der Waals surface area contributed by atoms with Gasteiger partial charge in [-0.2, -0.15) is 0 Å². The summed E-state index contributed by atoms with van der Waals surface area (Å²) >= 11 is 12.1. The molecule has 0 bridgehead atoms. The van der Waals surface area contributed by atoms with Crippen LogP contribution in [0.25, 0.3) is 0 Å². The Kier molecular flexibility index (Phi) is 5.78. The Labute approximate surface area is 115 Å². The topological polar surface area (TPSA) is 12.0 Å². The molecule has 0 atom stereocenters. The largest absolute Gasteiger partial charge is 0.316 e. The van der Waals surface area contributed by atoms with Gasteiger partial charge >= 0.3 is 0 Å². The monoisotopic (exact) mass is 273 g/mol. The summed E-state index contributed by atoms with van der Waals surface area (Å²) in [6.45, 7) is 8.74. The second-order valence-corrected chi connectivity index (χ2v) is 6.10. The van der Waals surface area contributed by atoms with Crippen LogP contribution in [0.15, 0.2) is 18.2 Å². The Morgan fingerprint density at radius 3 is 2.53 bits per heavy atom. The quantitative estimate of drug-likeness (QED) is 0.750. The molecule has 0 spiro atoms. The normalized spacial score (nSPS) is 11.8. The number of benzene rings is 1. The summed E-state index contributed by atoms with van der Waals surface area (Å²) in [5, 5.41) is 4.92. The van der Waals surface area contributed by atoms with Crippen LogP contribution in [0.4, 0.5) is 0 Å². The molecule has 0 aliphatic rings. The SMILES string of the molecule is CCCNCC(C)(C)Cc1ccc(Cl)cc1Cl. The lowest BCUT2D eigenvalue weighted by molar-refractivity contribution is 0.339. The van der Waals surface area contributed by atoms with E-state index in [0.717, 1.165) is 31.0 Å². The van der Waals surface area contributed by atoms with Crippen molar-refractivity contribution in [3.8, 4) is 0 Å². The Balaban J connectivity index is 2.62. The molecule has 0 fully saturated rings. The molecule has 0 aliphatic heterocycles. The van der Waals surface area contributed by atoms with Gasteiger partial charge in [-0.25, -0.2) is 0 Å². The molecule has 1 rings (SSSR count). The highest BCUT2D eigenvalue weighted by Crippen LogP contribution is 2.28. The Morgan fingerprint density at radius 2 is 1.94 bits per heavy atom. The Morgan fingerprint density at radius 1 is 1.24 bits per heavy atom. The van der Waals surface area contributed by atoms with Gasteiger partial charge in [-0.1, -0.05) is 50.0 Å². The van der Waals surface area contributed by atoms with Gasteiger partial charge in [0.25, 0.3) is 0 Å². The summed E-state index contributed by atoms with van der Waals surface area (Å²) in [7, 11) is 0. The van der Waals surface area contributed by atoms with E-state index in [-0.39, 0.29) is 5.41 Å². The zero-order chi connectivity index (χ0) is 12.9. The van der Waals surface area contributed by atoms with Gasteiger partial charge in [-0.15, -0.1) is 0 Å². The number of rotatable bonds is 6. The molecule has 1 aromatic rings. The lowest BCUT2D eigenvalue weighted by Gasteiger charge is -2.25. The maximum Gasteiger partial charge on any atom is 0.0453 e. The van der Waals surface area contributed by atoms with E-state index in [4.69, 9.17) is 23.2 Å². The maximum atomic E-state index is 6.19. The smallest absolute Gasteiger partial charge is 0.0453 e. The van der Waals surface area contributed by atoms with E-state index in [1.807, 2.05) is 18.2 Å². The van der Waals surface area contributed by atoms with Crippen LogP contribution in [0.2, 0.25) is 10.0 Å². The van der Waals surface area contributed by atoms with Crippen molar-refractivity contribution in [2.45, 2.75) is 33.6 Å². The fourth-order valence-corrected chi connectivity index (χ4v) is 2.32. The van der Waals surface area contributed by atoms with Gasteiger partial charge in [0.15, 0.2) is 0 Å². The van der Waals surface area contributed by atoms with Crippen LogP contribution in [-0.4, -0.2) is 13.1 Å². The highest BCUT2D eigenvalue weighted by molar-refractivity contribution is 6.35. The average Bonchev–Trinajstić information content (AvgIpc) is 2.22. The molecule has 1 nitrogen and oxygen atoms in total. The molecule has 96 valence electrons. The van der Waals surface area contributed by atoms with E-state index in [9.17, 15) is 0 Å². The van der Waals surface area contributed by atoms with Gasteiger partial charge in [0.2, 0.25) is 0 Å². The minimum absolute atomic E-state index is 0.201. The number of halogens is 2. The van der Waals surface area contributed by atoms with Gasteiger partial charge in [0, 0.05) is 16.6 Å². The van der Waals surface area contributed by atoms with Gasteiger partial charge in [0.05, 0.1) is 0 Å². The zero-order valence-corrected chi connectivity index (χ0v) is 12.3. The minimum Gasteiger partial charge on any atom is -0.316 e. The van der Waals surface area contributed by atoms with Crippen molar-refractivity contribution in [3.05, 3.63) is 33.8 Å². The third-order valence-electron chi connectivity index (χ3n) is 2.71. The third kappa shape index (κ3) is 5.29. The van der Waals surface area contributed by atoms with Crippen molar-refractivity contribution in [2.75, 3.05) is 13.1 Å². The number of nitrogens with one attached hydrogen (secondary N) is 1. The van der Waals surface area contributed by atoms with Crippen molar-refractivity contribution in [3.63, 3.8) is 0 Å². The molecule has 1 N–H and O–H groups in total. The van der Waals surface area contributed by atoms with Crippen LogP contribution in [0.5, 0.6) is 0 Å². The molecule has 0 aromatic heterocycles. The van der Waals surface area contributed by atoms with E-state index < -0.39 is 0 Å². The highest BCUT2D eigenvalue weighted by Gasteiger charge is 2.19. The first-order valence-electron chi connectivity index (χ1n) is 6.09. The zero-order valence-electron chi connectivity index (χ0n) is 10.8. The third-order valence-corrected chi connectivity index (χ3v) is 3.30. The molecule has 0 saturated heterocycles. The number of hydrogen-bond donors (Lipinski definition) is 1. The molecular weight excluding hydrogens is 253 g/mol. The van der Waals surface area contributed by atoms with Crippen LogP contribution < -0.4 is 5.32 Å². The molecular formula is C14H21Cl2N. The second kappa shape index (κ2) is 6.63. The first-order valence-corrected chi connectivity index (χ1v) is 6.85.